The van der Waals surface area contributed by atoms with Gasteiger partial charge in [-0.15, -0.1) is 0 Å². The van der Waals surface area contributed by atoms with Crippen LogP contribution in [0, 0.1) is 11.3 Å². The minimum atomic E-state index is -0.753. The van der Waals surface area contributed by atoms with Crippen molar-refractivity contribution in [3.05, 3.63) is 0 Å². The van der Waals surface area contributed by atoms with Crippen LogP contribution in [0.25, 0.3) is 0 Å². The molecular formula is C9H17N3O. The number of nitrogens with two attached hydrogens (primary N) is 1. The Labute approximate surface area is 79.3 Å². The second-order valence-corrected chi connectivity index (χ2v) is 3.96. The third-order valence-electron chi connectivity index (χ3n) is 2.36. The molecule has 1 heterocycles. The van der Waals surface area contributed by atoms with E-state index in [1.54, 1.807) is 6.92 Å². The summed E-state index contributed by atoms with van der Waals surface area (Å²) in [4.78, 5) is 2.11. The van der Waals surface area contributed by atoms with Crippen molar-refractivity contribution in [2.24, 2.45) is 5.73 Å². The van der Waals surface area contributed by atoms with Crippen molar-refractivity contribution in [2.75, 3.05) is 26.8 Å². The molecule has 1 aliphatic heterocycles. The number of ether oxygens (including phenoxy) is 1. The monoisotopic (exact) mass is 183 g/mol. The highest BCUT2D eigenvalue weighted by molar-refractivity contribution is 5.03. The lowest BCUT2D eigenvalue weighted by atomic mass is 10.0. The van der Waals surface area contributed by atoms with Gasteiger partial charge in [-0.2, -0.15) is 5.26 Å². The van der Waals surface area contributed by atoms with E-state index in [-0.39, 0.29) is 0 Å². The van der Waals surface area contributed by atoms with E-state index in [1.807, 2.05) is 7.05 Å². The maximum Gasteiger partial charge on any atom is 0.114 e. The molecule has 1 saturated heterocycles. The van der Waals surface area contributed by atoms with Crippen molar-refractivity contribution in [3.63, 3.8) is 0 Å². The molecule has 0 amide bonds. The van der Waals surface area contributed by atoms with Gasteiger partial charge < -0.3 is 10.5 Å². The molecule has 0 spiro atoms. The van der Waals surface area contributed by atoms with Gasteiger partial charge in [0.25, 0.3) is 0 Å². The van der Waals surface area contributed by atoms with E-state index in [0.717, 1.165) is 19.6 Å². The number of nitrogens with zero attached hydrogens (tertiary/aromatic N) is 2. The second-order valence-electron chi connectivity index (χ2n) is 3.96. The molecule has 4 nitrogen and oxygen atoms in total. The van der Waals surface area contributed by atoms with Crippen LogP contribution in [0.15, 0.2) is 0 Å². The number of likely N-dealkylation sites (N-methyl/N-ethyl adjacent to an activating group) is 1. The summed E-state index contributed by atoms with van der Waals surface area (Å²) in [6.45, 7) is 3.93. The van der Waals surface area contributed by atoms with Crippen molar-refractivity contribution in [1.29, 1.82) is 5.26 Å². The quantitative estimate of drug-likeness (QED) is 0.666. The first-order chi connectivity index (χ1) is 6.05. The van der Waals surface area contributed by atoms with Gasteiger partial charge in [0.2, 0.25) is 0 Å². The first-order valence-electron chi connectivity index (χ1n) is 4.53. The van der Waals surface area contributed by atoms with Crippen LogP contribution in [-0.2, 0) is 4.74 Å². The zero-order valence-corrected chi connectivity index (χ0v) is 8.29. The zero-order valence-electron chi connectivity index (χ0n) is 8.29. The van der Waals surface area contributed by atoms with E-state index in [9.17, 15) is 0 Å². The minimum Gasteiger partial charge on any atom is -0.380 e. The molecule has 74 valence electrons. The average molecular weight is 183 g/mol. The molecule has 1 rings (SSSR count). The van der Waals surface area contributed by atoms with Crippen LogP contribution in [0.4, 0.5) is 0 Å². The van der Waals surface area contributed by atoms with Crippen LogP contribution in [0.2, 0.25) is 0 Å². The van der Waals surface area contributed by atoms with Crippen LogP contribution < -0.4 is 5.73 Å². The molecule has 1 fully saturated rings. The maximum absolute atomic E-state index is 8.75. The molecule has 0 saturated carbocycles. The topological polar surface area (TPSA) is 62.3 Å². The summed E-state index contributed by atoms with van der Waals surface area (Å²) < 4.78 is 5.26. The molecule has 2 N–H and O–H groups in total. The standard InChI is InChI=1S/C9H17N3O/c1-9(11,6-10)7-12(2)8-3-4-13-5-8/h8H,3-5,7,11H2,1-2H3. The summed E-state index contributed by atoms with van der Waals surface area (Å²) in [5, 5.41) is 8.75. The first-order valence-corrected chi connectivity index (χ1v) is 4.53. The van der Waals surface area contributed by atoms with Gasteiger partial charge in [-0.3, -0.25) is 4.90 Å². The van der Waals surface area contributed by atoms with E-state index >= 15 is 0 Å². The molecule has 0 aromatic heterocycles. The molecule has 2 atom stereocenters. The fourth-order valence-electron chi connectivity index (χ4n) is 1.55. The Balaban J connectivity index is 2.40. The number of rotatable bonds is 3. The Morgan fingerprint density at radius 1 is 1.77 bits per heavy atom. The van der Waals surface area contributed by atoms with Crippen LogP contribution in [0.1, 0.15) is 13.3 Å². The first kappa shape index (κ1) is 10.5. The van der Waals surface area contributed by atoms with Crippen LogP contribution in [0.3, 0.4) is 0 Å². The molecule has 0 aromatic rings. The number of hydrogen-bond acceptors (Lipinski definition) is 4. The Kier molecular flexibility index (Phi) is 3.26. The van der Waals surface area contributed by atoms with Crippen molar-refractivity contribution < 1.29 is 4.74 Å². The van der Waals surface area contributed by atoms with Gasteiger partial charge in [0.1, 0.15) is 5.54 Å². The van der Waals surface area contributed by atoms with Gasteiger partial charge in [0, 0.05) is 19.2 Å². The molecule has 0 bridgehead atoms. The summed E-state index contributed by atoms with van der Waals surface area (Å²) >= 11 is 0. The van der Waals surface area contributed by atoms with Gasteiger partial charge >= 0.3 is 0 Å². The highest BCUT2D eigenvalue weighted by Gasteiger charge is 2.26. The summed E-state index contributed by atoms with van der Waals surface area (Å²) in [6.07, 6.45) is 1.04. The Bertz CT molecular complexity index is 203. The predicted octanol–water partition coefficient (Wildman–Crippen LogP) is -0.0519. The lowest BCUT2D eigenvalue weighted by Crippen LogP contribution is -2.48. The molecule has 13 heavy (non-hydrogen) atoms. The van der Waals surface area contributed by atoms with Crippen molar-refractivity contribution >= 4 is 0 Å². The van der Waals surface area contributed by atoms with Gasteiger partial charge in [0.05, 0.1) is 12.7 Å². The third-order valence-corrected chi connectivity index (χ3v) is 2.36. The number of nitriles is 1. The van der Waals surface area contributed by atoms with Crippen LogP contribution in [-0.4, -0.2) is 43.3 Å². The number of hydrogen-bond donors (Lipinski definition) is 1. The smallest absolute Gasteiger partial charge is 0.114 e. The van der Waals surface area contributed by atoms with E-state index in [4.69, 9.17) is 15.7 Å². The fraction of sp³-hybridized carbons (Fsp3) is 0.889. The SMILES string of the molecule is CN(CC(C)(N)C#N)C1CCOC1. The Morgan fingerprint density at radius 2 is 2.46 bits per heavy atom. The molecule has 2 unspecified atom stereocenters. The third kappa shape index (κ3) is 2.96. The summed E-state index contributed by atoms with van der Waals surface area (Å²) in [7, 11) is 1.99. The van der Waals surface area contributed by atoms with Gasteiger partial charge in [-0.25, -0.2) is 0 Å². The summed E-state index contributed by atoms with van der Waals surface area (Å²) in [5.41, 5.74) is 4.99. The molecule has 1 aliphatic rings. The molecular weight excluding hydrogens is 166 g/mol. The molecule has 0 radical (unpaired) electrons. The van der Waals surface area contributed by atoms with Crippen LogP contribution >= 0.6 is 0 Å². The second kappa shape index (κ2) is 4.05. The molecule has 4 heteroatoms. The van der Waals surface area contributed by atoms with Crippen molar-refractivity contribution in [3.8, 4) is 6.07 Å². The normalized spacial score (nSPS) is 27.2. The Hall–Kier alpha value is -0.630. The van der Waals surface area contributed by atoms with Crippen molar-refractivity contribution in [1.82, 2.24) is 4.90 Å². The van der Waals surface area contributed by atoms with Crippen molar-refractivity contribution in [2.45, 2.75) is 24.9 Å². The summed E-state index contributed by atoms with van der Waals surface area (Å²) in [5.74, 6) is 0. The fourth-order valence-corrected chi connectivity index (χ4v) is 1.55. The van der Waals surface area contributed by atoms with E-state index in [1.165, 1.54) is 0 Å². The highest BCUT2D eigenvalue weighted by Crippen LogP contribution is 2.12. The predicted molar refractivity (Wildman–Crippen MR) is 50.1 cm³/mol. The maximum atomic E-state index is 8.75. The average Bonchev–Trinajstić information content (AvgIpc) is 2.55. The molecule has 0 aliphatic carbocycles. The van der Waals surface area contributed by atoms with Crippen LogP contribution in [0.5, 0.6) is 0 Å². The van der Waals surface area contributed by atoms with E-state index in [0.29, 0.717) is 12.6 Å². The van der Waals surface area contributed by atoms with E-state index < -0.39 is 5.54 Å². The lowest BCUT2D eigenvalue weighted by molar-refractivity contribution is 0.152. The molecule has 0 aromatic carbocycles. The zero-order chi connectivity index (χ0) is 9.90. The highest BCUT2D eigenvalue weighted by atomic mass is 16.5. The van der Waals surface area contributed by atoms with Gasteiger partial charge in [-0.05, 0) is 20.4 Å². The minimum absolute atomic E-state index is 0.427. The summed E-state index contributed by atoms with van der Waals surface area (Å²) in [6, 6.07) is 2.52. The Morgan fingerprint density at radius 3 is 2.92 bits per heavy atom. The lowest BCUT2D eigenvalue weighted by Gasteiger charge is -2.28. The van der Waals surface area contributed by atoms with Gasteiger partial charge in [0.15, 0.2) is 0 Å². The van der Waals surface area contributed by atoms with E-state index in [2.05, 4.69) is 11.0 Å². The largest absolute Gasteiger partial charge is 0.380 e. The van der Waals surface area contributed by atoms with Gasteiger partial charge in [-0.1, -0.05) is 0 Å².